The van der Waals surface area contributed by atoms with Crippen LogP contribution in [-0.4, -0.2) is 41.3 Å². The fourth-order valence-electron chi connectivity index (χ4n) is 2.90. The van der Waals surface area contributed by atoms with Gasteiger partial charge in [-0.1, -0.05) is 26.1 Å². The second-order valence-corrected chi connectivity index (χ2v) is 5.72. The molecule has 0 aliphatic carbocycles. The van der Waals surface area contributed by atoms with Gasteiger partial charge < -0.3 is 16.0 Å². The second kappa shape index (κ2) is 7.02. The van der Waals surface area contributed by atoms with E-state index < -0.39 is 11.5 Å². The Morgan fingerprint density at radius 1 is 1.35 bits per heavy atom. The van der Waals surface area contributed by atoms with Gasteiger partial charge in [-0.25, -0.2) is 0 Å². The van der Waals surface area contributed by atoms with E-state index in [1.54, 1.807) is 11.9 Å². The van der Waals surface area contributed by atoms with Crippen LogP contribution in [0.5, 0.6) is 0 Å². The average molecular weight is 299 g/mol. The molecule has 0 spiro atoms. The van der Waals surface area contributed by atoms with Gasteiger partial charge >= 0.3 is 0 Å². The van der Waals surface area contributed by atoms with E-state index in [1.165, 1.54) is 0 Å². The number of nitrogens with zero attached hydrogens (tertiary/aromatic N) is 1. The number of likely N-dealkylation sites (tertiary alicyclic amines) is 1. The summed E-state index contributed by atoms with van der Waals surface area (Å²) in [5.74, 6) is -0.203. The average Bonchev–Trinajstić information content (AvgIpc) is 2.47. The molecule has 1 heterocycles. The first-order valence-corrected chi connectivity index (χ1v) is 7.68. The highest BCUT2D eigenvalue weighted by atomic mass is 32.1. The van der Waals surface area contributed by atoms with Crippen LogP contribution < -0.4 is 11.1 Å². The van der Waals surface area contributed by atoms with Crippen LogP contribution in [0.3, 0.4) is 0 Å². The van der Waals surface area contributed by atoms with Crippen LogP contribution in [0, 0.1) is 5.41 Å². The lowest BCUT2D eigenvalue weighted by Crippen LogP contribution is -2.58. The molecule has 1 aliphatic rings. The fourth-order valence-corrected chi connectivity index (χ4v) is 3.27. The van der Waals surface area contributed by atoms with Crippen LogP contribution >= 0.6 is 12.2 Å². The summed E-state index contributed by atoms with van der Waals surface area (Å²) in [7, 11) is 1.60. The number of nitrogens with one attached hydrogen (secondary N) is 1. The minimum Gasteiger partial charge on any atom is -0.392 e. The number of hydrogen-bond acceptors (Lipinski definition) is 3. The molecule has 6 heteroatoms. The van der Waals surface area contributed by atoms with Crippen molar-refractivity contribution in [3.8, 4) is 0 Å². The molecular formula is C14H25N3O2S. The van der Waals surface area contributed by atoms with E-state index in [4.69, 9.17) is 18.0 Å². The number of nitrogens with two attached hydrogens (primary N) is 1. The predicted octanol–water partition coefficient (Wildman–Crippen LogP) is 1.21. The van der Waals surface area contributed by atoms with Crippen molar-refractivity contribution in [3.63, 3.8) is 0 Å². The Balaban J connectivity index is 3.08. The van der Waals surface area contributed by atoms with Crippen molar-refractivity contribution in [2.45, 2.75) is 52.0 Å². The third kappa shape index (κ3) is 2.95. The Labute approximate surface area is 126 Å². The summed E-state index contributed by atoms with van der Waals surface area (Å²) in [6.07, 6.45) is 3.70. The molecule has 114 valence electrons. The van der Waals surface area contributed by atoms with Crippen LogP contribution in [-0.2, 0) is 9.59 Å². The van der Waals surface area contributed by atoms with Gasteiger partial charge in [0.05, 0.1) is 10.4 Å². The van der Waals surface area contributed by atoms with Gasteiger partial charge in [-0.15, -0.1) is 0 Å². The molecule has 1 aliphatic heterocycles. The maximum absolute atomic E-state index is 12.9. The Morgan fingerprint density at radius 2 is 1.95 bits per heavy atom. The first-order chi connectivity index (χ1) is 9.44. The number of likely N-dealkylation sites (N-methyl/N-ethyl adjacent to an activating group) is 1. The van der Waals surface area contributed by atoms with Crippen LogP contribution in [0.4, 0.5) is 0 Å². The van der Waals surface area contributed by atoms with Gasteiger partial charge in [0, 0.05) is 13.6 Å². The largest absolute Gasteiger partial charge is 0.392 e. The zero-order chi connectivity index (χ0) is 15.3. The smallest absolute Gasteiger partial charge is 0.242 e. The first-order valence-electron chi connectivity index (χ1n) is 7.27. The third-order valence-corrected chi connectivity index (χ3v) is 4.79. The lowest BCUT2D eigenvalue weighted by molar-refractivity contribution is -0.147. The number of thiocarbonyl (C=S) groups is 1. The highest BCUT2D eigenvalue weighted by Gasteiger charge is 2.44. The molecule has 3 N–H and O–H groups in total. The summed E-state index contributed by atoms with van der Waals surface area (Å²) in [6.45, 7) is 4.43. The molecule has 1 unspecified atom stereocenters. The molecular weight excluding hydrogens is 274 g/mol. The number of rotatable bonds is 5. The van der Waals surface area contributed by atoms with Crippen LogP contribution in [0.2, 0.25) is 0 Å². The lowest BCUT2D eigenvalue weighted by atomic mass is 9.79. The van der Waals surface area contributed by atoms with Gasteiger partial charge in [-0.3, -0.25) is 9.59 Å². The van der Waals surface area contributed by atoms with E-state index in [-0.39, 0.29) is 16.8 Å². The number of carbonyl (C=O) groups is 2. The van der Waals surface area contributed by atoms with Gasteiger partial charge in [0.1, 0.15) is 6.04 Å². The molecule has 0 saturated carbocycles. The first kappa shape index (κ1) is 16.9. The number of amides is 2. The highest BCUT2D eigenvalue weighted by molar-refractivity contribution is 7.80. The molecule has 5 nitrogen and oxygen atoms in total. The minimum absolute atomic E-state index is 0.0942. The third-order valence-electron chi connectivity index (χ3n) is 4.40. The van der Waals surface area contributed by atoms with Crippen LogP contribution in [0.25, 0.3) is 0 Å². The number of hydrogen-bond donors (Lipinski definition) is 2. The highest BCUT2D eigenvalue weighted by Crippen LogP contribution is 2.32. The zero-order valence-electron chi connectivity index (χ0n) is 12.6. The molecule has 20 heavy (non-hydrogen) atoms. The Bertz CT molecular complexity index is 394. The molecule has 0 aromatic heterocycles. The molecule has 2 amide bonds. The Kier molecular flexibility index (Phi) is 5.92. The summed E-state index contributed by atoms with van der Waals surface area (Å²) >= 11 is 5.14. The summed E-state index contributed by atoms with van der Waals surface area (Å²) in [4.78, 5) is 26.8. The minimum atomic E-state index is -0.820. The molecule has 1 fully saturated rings. The van der Waals surface area contributed by atoms with E-state index in [2.05, 4.69) is 5.32 Å². The quantitative estimate of drug-likeness (QED) is 0.748. The maximum atomic E-state index is 12.9. The predicted molar refractivity (Wildman–Crippen MR) is 83.2 cm³/mol. The van der Waals surface area contributed by atoms with E-state index in [0.717, 1.165) is 12.8 Å². The van der Waals surface area contributed by atoms with Gasteiger partial charge in [-0.05, 0) is 32.1 Å². The van der Waals surface area contributed by atoms with Crippen LogP contribution in [0.15, 0.2) is 0 Å². The van der Waals surface area contributed by atoms with Crippen molar-refractivity contribution in [1.29, 1.82) is 0 Å². The summed E-state index contributed by atoms with van der Waals surface area (Å²) < 4.78 is 0. The SMILES string of the molecule is CCC(CC)(C(=O)N1CCCCC1C(=O)NC)C(N)=S. The molecule has 1 atom stereocenters. The monoisotopic (exact) mass is 299 g/mol. The molecule has 0 bridgehead atoms. The molecule has 0 aromatic rings. The second-order valence-electron chi connectivity index (χ2n) is 5.28. The normalized spacial score (nSPS) is 19.6. The number of carbonyl (C=O) groups excluding carboxylic acids is 2. The fraction of sp³-hybridized carbons (Fsp3) is 0.786. The van der Waals surface area contributed by atoms with Gasteiger partial charge in [-0.2, -0.15) is 0 Å². The van der Waals surface area contributed by atoms with Gasteiger partial charge in [0.15, 0.2) is 0 Å². The summed E-state index contributed by atoms with van der Waals surface area (Å²) in [6, 6.07) is -0.395. The van der Waals surface area contributed by atoms with Crippen molar-refractivity contribution in [1.82, 2.24) is 10.2 Å². The van der Waals surface area contributed by atoms with Gasteiger partial charge in [0.2, 0.25) is 11.8 Å². The van der Waals surface area contributed by atoms with Crippen molar-refractivity contribution in [3.05, 3.63) is 0 Å². The summed E-state index contributed by atoms with van der Waals surface area (Å²) in [5, 5.41) is 2.64. The molecule has 1 rings (SSSR count). The Hall–Kier alpha value is -1.17. The van der Waals surface area contributed by atoms with E-state index >= 15 is 0 Å². The zero-order valence-corrected chi connectivity index (χ0v) is 13.4. The molecule has 0 radical (unpaired) electrons. The van der Waals surface area contributed by atoms with Crippen molar-refractivity contribution in [2.24, 2.45) is 11.1 Å². The van der Waals surface area contributed by atoms with E-state index in [1.807, 2.05) is 13.8 Å². The Morgan fingerprint density at radius 3 is 2.40 bits per heavy atom. The molecule has 0 aromatic carbocycles. The van der Waals surface area contributed by atoms with Gasteiger partial charge in [0.25, 0.3) is 0 Å². The number of piperidine rings is 1. The maximum Gasteiger partial charge on any atom is 0.242 e. The van der Waals surface area contributed by atoms with E-state index in [0.29, 0.717) is 25.8 Å². The van der Waals surface area contributed by atoms with Crippen LogP contribution in [0.1, 0.15) is 46.0 Å². The standard InChI is InChI=1S/C14H25N3O2S/c1-4-14(5-2,12(15)20)13(19)17-9-7-6-8-10(17)11(18)16-3/h10H,4-9H2,1-3H3,(H2,15,20)(H,16,18). The molecule has 1 saturated heterocycles. The lowest BCUT2D eigenvalue weighted by Gasteiger charge is -2.41. The topological polar surface area (TPSA) is 75.4 Å². The van der Waals surface area contributed by atoms with E-state index in [9.17, 15) is 9.59 Å². The van der Waals surface area contributed by atoms with Crippen molar-refractivity contribution < 1.29 is 9.59 Å². The summed E-state index contributed by atoms with van der Waals surface area (Å²) in [5.41, 5.74) is 5.02. The van der Waals surface area contributed by atoms with Crippen molar-refractivity contribution >= 4 is 29.0 Å². The van der Waals surface area contributed by atoms with Crippen molar-refractivity contribution in [2.75, 3.05) is 13.6 Å².